The highest BCUT2D eigenvalue weighted by atomic mass is 16.4. The second-order valence-corrected chi connectivity index (χ2v) is 3.48. The largest absolute Gasteiger partial charge is 0.481 e. The number of carboxylic acids is 1. The molecule has 16 heavy (non-hydrogen) atoms. The van der Waals surface area contributed by atoms with Crippen molar-refractivity contribution in [2.24, 2.45) is 0 Å². The second-order valence-electron chi connectivity index (χ2n) is 3.48. The van der Waals surface area contributed by atoms with Gasteiger partial charge in [-0.25, -0.2) is 4.98 Å². The van der Waals surface area contributed by atoms with Gasteiger partial charge in [-0.2, -0.15) is 0 Å². The minimum absolute atomic E-state index is 0.0118. The van der Waals surface area contributed by atoms with Crippen LogP contribution in [0, 0.1) is 6.92 Å². The number of rotatable bonds is 3. The van der Waals surface area contributed by atoms with E-state index in [4.69, 9.17) is 9.52 Å². The third kappa shape index (κ3) is 2.11. The van der Waals surface area contributed by atoms with Crippen molar-refractivity contribution in [1.82, 2.24) is 4.98 Å². The first-order chi connectivity index (χ1) is 7.66. The fraction of sp³-hybridized carbons (Fsp3) is 0.167. The van der Waals surface area contributed by atoms with Crippen molar-refractivity contribution < 1.29 is 14.3 Å². The highest BCUT2D eigenvalue weighted by molar-refractivity contribution is 5.75. The number of hydrogen-bond donors (Lipinski definition) is 1. The van der Waals surface area contributed by atoms with Gasteiger partial charge in [0.05, 0.1) is 6.42 Å². The van der Waals surface area contributed by atoms with E-state index in [9.17, 15) is 4.79 Å². The van der Waals surface area contributed by atoms with E-state index in [1.54, 1.807) is 13.0 Å². The lowest BCUT2D eigenvalue weighted by atomic mass is 10.0. The predicted octanol–water partition coefficient (Wildman–Crippen LogP) is 2.28. The topological polar surface area (TPSA) is 63.3 Å². The minimum atomic E-state index is -0.854. The Labute approximate surface area is 92.6 Å². The summed E-state index contributed by atoms with van der Waals surface area (Å²) in [6, 6.07) is 7.29. The molecule has 0 fully saturated rings. The van der Waals surface area contributed by atoms with Gasteiger partial charge < -0.3 is 9.52 Å². The van der Waals surface area contributed by atoms with Gasteiger partial charge in [0.25, 0.3) is 0 Å². The van der Waals surface area contributed by atoms with Gasteiger partial charge in [0.1, 0.15) is 12.0 Å². The molecule has 0 atom stereocenters. The Bertz CT molecular complexity index is 516. The monoisotopic (exact) mass is 217 g/mol. The average molecular weight is 217 g/mol. The summed E-state index contributed by atoms with van der Waals surface area (Å²) in [4.78, 5) is 14.9. The van der Waals surface area contributed by atoms with Gasteiger partial charge in [-0.05, 0) is 5.56 Å². The second kappa shape index (κ2) is 4.18. The minimum Gasteiger partial charge on any atom is -0.481 e. The van der Waals surface area contributed by atoms with Crippen LogP contribution < -0.4 is 0 Å². The van der Waals surface area contributed by atoms with Crippen LogP contribution in [0.5, 0.6) is 0 Å². The van der Waals surface area contributed by atoms with Crippen molar-refractivity contribution in [1.29, 1.82) is 0 Å². The molecule has 1 N–H and O–H groups in total. The average Bonchev–Trinajstić information content (AvgIpc) is 2.65. The van der Waals surface area contributed by atoms with Gasteiger partial charge in [0.15, 0.2) is 5.89 Å². The summed E-state index contributed by atoms with van der Waals surface area (Å²) in [5.41, 5.74) is 2.22. The number of aryl methyl sites for hydroxylation is 1. The Morgan fingerprint density at radius 1 is 1.44 bits per heavy atom. The standard InChI is InChI=1S/C12H11NO3/c1-8-13-11(7-16-8)10-5-3-2-4-9(10)6-12(14)15/h2-5,7H,6H2,1H3,(H,14,15). The van der Waals surface area contributed by atoms with Crippen molar-refractivity contribution in [3.05, 3.63) is 42.0 Å². The number of hydrogen-bond acceptors (Lipinski definition) is 3. The van der Waals surface area contributed by atoms with Crippen molar-refractivity contribution in [2.75, 3.05) is 0 Å². The van der Waals surface area contributed by atoms with E-state index in [0.29, 0.717) is 11.6 Å². The molecule has 0 saturated heterocycles. The van der Waals surface area contributed by atoms with Crippen molar-refractivity contribution >= 4 is 5.97 Å². The molecular formula is C12H11NO3. The summed E-state index contributed by atoms with van der Waals surface area (Å²) in [5, 5.41) is 8.80. The lowest BCUT2D eigenvalue weighted by molar-refractivity contribution is -0.136. The molecule has 0 aliphatic rings. The first-order valence-corrected chi connectivity index (χ1v) is 4.89. The zero-order valence-electron chi connectivity index (χ0n) is 8.80. The van der Waals surface area contributed by atoms with Crippen LogP contribution in [0.4, 0.5) is 0 Å². The van der Waals surface area contributed by atoms with E-state index in [1.165, 1.54) is 6.26 Å². The zero-order chi connectivity index (χ0) is 11.5. The van der Waals surface area contributed by atoms with Crippen LogP contribution in [-0.4, -0.2) is 16.1 Å². The molecule has 1 aromatic carbocycles. The van der Waals surface area contributed by atoms with Crippen LogP contribution in [0.15, 0.2) is 34.9 Å². The molecule has 4 nitrogen and oxygen atoms in total. The molecular weight excluding hydrogens is 206 g/mol. The Kier molecular flexibility index (Phi) is 2.72. The normalized spacial score (nSPS) is 10.3. The van der Waals surface area contributed by atoms with Gasteiger partial charge in [-0.1, -0.05) is 24.3 Å². The molecule has 1 aromatic heterocycles. The first kappa shape index (κ1) is 10.4. The number of carboxylic acid groups (broad SMARTS) is 1. The molecule has 0 amide bonds. The number of nitrogens with zero attached hydrogens (tertiary/aromatic N) is 1. The Morgan fingerprint density at radius 3 is 2.81 bits per heavy atom. The van der Waals surface area contributed by atoms with Gasteiger partial charge in [-0.15, -0.1) is 0 Å². The van der Waals surface area contributed by atoms with E-state index in [2.05, 4.69) is 4.98 Å². The highest BCUT2D eigenvalue weighted by Gasteiger charge is 2.10. The Hall–Kier alpha value is -2.10. The summed E-state index contributed by atoms with van der Waals surface area (Å²) in [7, 11) is 0. The van der Waals surface area contributed by atoms with Crippen LogP contribution in [-0.2, 0) is 11.2 Å². The summed E-state index contributed by atoms with van der Waals surface area (Å²) < 4.78 is 5.12. The van der Waals surface area contributed by atoms with Crippen LogP contribution in [0.2, 0.25) is 0 Å². The fourth-order valence-corrected chi connectivity index (χ4v) is 1.57. The summed E-state index contributed by atoms with van der Waals surface area (Å²) >= 11 is 0. The van der Waals surface area contributed by atoms with Crippen LogP contribution in [0.25, 0.3) is 11.3 Å². The molecule has 2 aromatic rings. The molecule has 0 aliphatic carbocycles. The van der Waals surface area contributed by atoms with E-state index in [0.717, 1.165) is 11.1 Å². The number of benzene rings is 1. The van der Waals surface area contributed by atoms with E-state index >= 15 is 0 Å². The zero-order valence-corrected chi connectivity index (χ0v) is 8.80. The van der Waals surface area contributed by atoms with E-state index in [1.807, 2.05) is 18.2 Å². The molecule has 0 bridgehead atoms. The Balaban J connectivity index is 2.43. The Morgan fingerprint density at radius 2 is 2.19 bits per heavy atom. The summed E-state index contributed by atoms with van der Waals surface area (Å²) in [6.07, 6.45) is 1.53. The third-order valence-electron chi connectivity index (χ3n) is 2.25. The molecule has 82 valence electrons. The lowest BCUT2D eigenvalue weighted by Gasteiger charge is -2.03. The molecule has 4 heteroatoms. The molecule has 0 unspecified atom stereocenters. The molecule has 2 rings (SSSR count). The van der Waals surface area contributed by atoms with Crippen LogP contribution >= 0.6 is 0 Å². The number of aliphatic carboxylic acids is 1. The first-order valence-electron chi connectivity index (χ1n) is 4.89. The SMILES string of the molecule is Cc1nc(-c2ccccc2CC(=O)O)co1. The van der Waals surface area contributed by atoms with Gasteiger partial charge >= 0.3 is 5.97 Å². The molecule has 0 spiro atoms. The molecule has 0 saturated carbocycles. The maximum Gasteiger partial charge on any atom is 0.307 e. The fourth-order valence-electron chi connectivity index (χ4n) is 1.57. The number of oxazole rings is 1. The number of aromatic nitrogens is 1. The lowest BCUT2D eigenvalue weighted by Crippen LogP contribution is -2.01. The van der Waals surface area contributed by atoms with Crippen molar-refractivity contribution in [2.45, 2.75) is 13.3 Å². The molecule has 0 aliphatic heterocycles. The summed E-state index contributed by atoms with van der Waals surface area (Å²) in [6.45, 7) is 1.75. The molecule has 1 heterocycles. The smallest absolute Gasteiger partial charge is 0.307 e. The van der Waals surface area contributed by atoms with Crippen LogP contribution in [0.1, 0.15) is 11.5 Å². The van der Waals surface area contributed by atoms with Gasteiger partial charge in [0.2, 0.25) is 0 Å². The summed E-state index contributed by atoms with van der Waals surface area (Å²) in [5.74, 6) is -0.284. The molecule has 0 radical (unpaired) electrons. The quantitative estimate of drug-likeness (QED) is 0.856. The third-order valence-corrected chi connectivity index (χ3v) is 2.25. The maximum atomic E-state index is 10.7. The maximum absolute atomic E-state index is 10.7. The van der Waals surface area contributed by atoms with Crippen molar-refractivity contribution in [3.8, 4) is 11.3 Å². The van der Waals surface area contributed by atoms with E-state index < -0.39 is 5.97 Å². The van der Waals surface area contributed by atoms with E-state index in [-0.39, 0.29) is 6.42 Å². The number of carbonyl (C=O) groups is 1. The van der Waals surface area contributed by atoms with Crippen molar-refractivity contribution in [3.63, 3.8) is 0 Å². The van der Waals surface area contributed by atoms with Gasteiger partial charge in [-0.3, -0.25) is 4.79 Å². The van der Waals surface area contributed by atoms with Gasteiger partial charge in [0, 0.05) is 12.5 Å². The highest BCUT2D eigenvalue weighted by Crippen LogP contribution is 2.23. The predicted molar refractivity (Wildman–Crippen MR) is 58.0 cm³/mol. The van der Waals surface area contributed by atoms with Crippen LogP contribution in [0.3, 0.4) is 0 Å².